The lowest BCUT2D eigenvalue weighted by molar-refractivity contribution is 0.158. The van der Waals surface area contributed by atoms with Crippen LogP contribution in [0.5, 0.6) is 0 Å². The maximum Gasteiger partial charge on any atom is 0.129 e. The number of nitrogens with zero attached hydrogens (tertiary/aromatic N) is 1. The van der Waals surface area contributed by atoms with Crippen LogP contribution in [0.2, 0.25) is 0 Å². The Morgan fingerprint density at radius 1 is 1.05 bits per heavy atom. The third kappa shape index (κ3) is 2.52. The number of fused-ring (bicyclic) bond motifs is 1. The highest BCUT2D eigenvalue weighted by Gasteiger charge is 2.37. The van der Waals surface area contributed by atoms with Crippen LogP contribution in [-0.2, 0) is 19.6 Å². The summed E-state index contributed by atoms with van der Waals surface area (Å²) in [5.41, 5.74) is 3.00. The highest BCUT2D eigenvalue weighted by molar-refractivity contribution is 5.34. The Balaban J connectivity index is 1.58. The molecule has 3 nitrogen and oxygen atoms in total. The molecule has 0 bridgehead atoms. The summed E-state index contributed by atoms with van der Waals surface area (Å²) in [5, 5.41) is 9.14. The highest BCUT2D eigenvalue weighted by atomic mass is 16.4. The van der Waals surface area contributed by atoms with Crippen molar-refractivity contribution in [3.05, 3.63) is 59.0 Å². The van der Waals surface area contributed by atoms with Gasteiger partial charge in [0.1, 0.15) is 18.1 Å². The summed E-state index contributed by atoms with van der Waals surface area (Å²) < 4.78 is 5.70. The predicted molar refractivity (Wildman–Crippen MR) is 80.7 cm³/mol. The Morgan fingerprint density at radius 3 is 2.62 bits per heavy atom. The van der Waals surface area contributed by atoms with Crippen molar-refractivity contribution in [2.45, 2.75) is 50.9 Å². The van der Waals surface area contributed by atoms with Crippen LogP contribution in [0.3, 0.4) is 0 Å². The molecule has 2 aliphatic carbocycles. The van der Waals surface area contributed by atoms with Gasteiger partial charge in [0, 0.05) is 12.1 Å². The minimum Gasteiger partial charge on any atom is -0.462 e. The predicted octanol–water partition coefficient (Wildman–Crippen LogP) is 3.42. The molecule has 1 unspecified atom stereocenters. The Kier molecular flexibility index (Phi) is 3.32. The van der Waals surface area contributed by atoms with Crippen molar-refractivity contribution in [2.24, 2.45) is 0 Å². The molecular weight excluding hydrogens is 262 g/mol. The summed E-state index contributed by atoms with van der Waals surface area (Å²) in [6.45, 7) is 0.833. The quantitative estimate of drug-likeness (QED) is 0.913. The average Bonchev–Trinajstić information content (AvgIpc) is 3.11. The topological polar surface area (TPSA) is 36.6 Å². The van der Waals surface area contributed by atoms with Crippen molar-refractivity contribution in [1.29, 1.82) is 0 Å². The zero-order chi connectivity index (χ0) is 14.2. The number of rotatable bonds is 5. The lowest BCUT2D eigenvalue weighted by atomic mass is 10.1. The minimum atomic E-state index is -0.0182. The molecule has 1 aromatic heterocycles. The minimum absolute atomic E-state index is 0.0182. The largest absolute Gasteiger partial charge is 0.462 e. The monoisotopic (exact) mass is 283 g/mol. The number of aliphatic hydroxyl groups excluding tert-OH is 1. The molecule has 1 heterocycles. The van der Waals surface area contributed by atoms with E-state index < -0.39 is 0 Å². The number of hydrogen-bond acceptors (Lipinski definition) is 3. The van der Waals surface area contributed by atoms with Gasteiger partial charge in [-0.15, -0.1) is 0 Å². The van der Waals surface area contributed by atoms with Crippen molar-refractivity contribution in [1.82, 2.24) is 4.90 Å². The van der Waals surface area contributed by atoms with Crippen LogP contribution in [-0.4, -0.2) is 16.0 Å². The fourth-order valence-electron chi connectivity index (χ4n) is 3.55. The summed E-state index contributed by atoms with van der Waals surface area (Å²) in [6.07, 6.45) is 4.99. The second-order valence-electron chi connectivity index (χ2n) is 6.18. The van der Waals surface area contributed by atoms with Gasteiger partial charge in [-0.1, -0.05) is 24.3 Å². The molecule has 1 fully saturated rings. The first kappa shape index (κ1) is 13.1. The van der Waals surface area contributed by atoms with Gasteiger partial charge in [-0.3, -0.25) is 4.90 Å². The van der Waals surface area contributed by atoms with Crippen LogP contribution < -0.4 is 0 Å². The average molecular weight is 283 g/mol. The zero-order valence-electron chi connectivity index (χ0n) is 12.2. The zero-order valence-corrected chi connectivity index (χ0v) is 12.2. The van der Waals surface area contributed by atoms with E-state index in [1.807, 2.05) is 12.1 Å². The third-order valence-corrected chi connectivity index (χ3v) is 4.73. The fourth-order valence-corrected chi connectivity index (χ4v) is 3.55. The summed E-state index contributed by atoms with van der Waals surface area (Å²) in [6, 6.07) is 13.9. The van der Waals surface area contributed by atoms with Crippen LogP contribution in [0.1, 0.15) is 48.0 Å². The molecule has 0 aliphatic heterocycles. The fraction of sp³-hybridized carbons (Fsp3) is 0.444. The van der Waals surface area contributed by atoms with E-state index >= 15 is 0 Å². The van der Waals surface area contributed by atoms with Gasteiger partial charge in [-0.25, -0.2) is 0 Å². The molecule has 1 saturated carbocycles. The van der Waals surface area contributed by atoms with Gasteiger partial charge >= 0.3 is 0 Å². The maximum atomic E-state index is 9.14. The van der Waals surface area contributed by atoms with Gasteiger partial charge in [-0.05, 0) is 48.9 Å². The van der Waals surface area contributed by atoms with Gasteiger partial charge in [0.15, 0.2) is 0 Å². The first-order valence-corrected chi connectivity index (χ1v) is 7.87. The van der Waals surface area contributed by atoms with Gasteiger partial charge in [0.25, 0.3) is 0 Å². The first-order chi connectivity index (χ1) is 10.3. The van der Waals surface area contributed by atoms with Gasteiger partial charge in [0.05, 0.1) is 6.54 Å². The van der Waals surface area contributed by atoms with Crippen LogP contribution in [0, 0.1) is 0 Å². The first-order valence-electron chi connectivity index (χ1n) is 7.87. The van der Waals surface area contributed by atoms with Crippen molar-refractivity contribution < 1.29 is 9.52 Å². The molecule has 110 valence electrons. The van der Waals surface area contributed by atoms with Crippen LogP contribution >= 0.6 is 0 Å². The molecule has 0 amide bonds. The van der Waals surface area contributed by atoms with Crippen LogP contribution in [0.15, 0.2) is 40.8 Å². The van der Waals surface area contributed by atoms with Crippen molar-refractivity contribution in [3.63, 3.8) is 0 Å². The number of furan rings is 1. The van der Waals surface area contributed by atoms with E-state index in [0.717, 1.165) is 12.3 Å². The Labute approximate surface area is 125 Å². The van der Waals surface area contributed by atoms with Crippen LogP contribution in [0.25, 0.3) is 0 Å². The Morgan fingerprint density at radius 2 is 1.86 bits per heavy atom. The van der Waals surface area contributed by atoms with E-state index in [4.69, 9.17) is 9.52 Å². The van der Waals surface area contributed by atoms with Crippen molar-refractivity contribution >= 4 is 0 Å². The lowest BCUT2D eigenvalue weighted by Crippen LogP contribution is -2.29. The molecule has 0 spiro atoms. The molecule has 3 heteroatoms. The van der Waals surface area contributed by atoms with E-state index in [-0.39, 0.29) is 6.61 Å². The molecule has 0 radical (unpaired) electrons. The van der Waals surface area contributed by atoms with E-state index in [1.54, 1.807) is 0 Å². The Hall–Kier alpha value is -1.58. The van der Waals surface area contributed by atoms with E-state index in [1.165, 1.54) is 36.8 Å². The van der Waals surface area contributed by atoms with Gasteiger partial charge in [0.2, 0.25) is 0 Å². The highest BCUT2D eigenvalue weighted by Crippen LogP contribution is 2.42. The number of benzene rings is 1. The normalized spacial score (nSPS) is 21.0. The number of aryl methyl sites for hydroxylation is 1. The van der Waals surface area contributed by atoms with E-state index in [0.29, 0.717) is 17.8 Å². The van der Waals surface area contributed by atoms with Gasteiger partial charge < -0.3 is 9.52 Å². The molecule has 1 aromatic carbocycles. The summed E-state index contributed by atoms with van der Waals surface area (Å²) in [5.74, 6) is 1.63. The van der Waals surface area contributed by atoms with Crippen LogP contribution in [0.4, 0.5) is 0 Å². The summed E-state index contributed by atoms with van der Waals surface area (Å²) in [4.78, 5) is 2.60. The standard InChI is InChI=1S/C18H21NO2/c20-12-16-9-8-15(21-16)11-19(14-6-7-14)18-10-5-13-3-1-2-4-17(13)18/h1-4,8-9,14,18,20H,5-7,10-12H2. The molecule has 2 aliphatic rings. The maximum absolute atomic E-state index is 9.14. The summed E-state index contributed by atoms with van der Waals surface area (Å²) >= 11 is 0. The molecular formula is C18H21NO2. The van der Waals surface area contributed by atoms with E-state index in [9.17, 15) is 0 Å². The Bertz CT molecular complexity index is 630. The molecule has 21 heavy (non-hydrogen) atoms. The molecule has 1 atom stereocenters. The number of aliphatic hydroxyl groups is 1. The van der Waals surface area contributed by atoms with E-state index in [2.05, 4.69) is 29.2 Å². The lowest BCUT2D eigenvalue weighted by Gasteiger charge is -2.28. The third-order valence-electron chi connectivity index (χ3n) is 4.73. The molecule has 1 N–H and O–H groups in total. The molecule has 4 rings (SSSR count). The second kappa shape index (κ2) is 5.32. The number of hydrogen-bond donors (Lipinski definition) is 1. The second-order valence-corrected chi connectivity index (χ2v) is 6.18. The molecule has 0 saturated heterocycles. The van der Waals surface area contributed by atoms with Crippen molar-refractivity contribution in [3.8, 4) is 0 Å². The molecule has 2 aromatic rings. The SMILES string of the molecule is OCc1ccc(CN(C2CC2)C2CCc3ccccc32)o1. The van der Waals surface area contributed by atoms with Crippen molar-refractivity contribution in [2.75, 3.05) is 0 Å². The smallest absolute Gasteiger partial charge is 0.129 e. The van der Waals surface area contributed by atoms with Gasteiger partial charge in [-0.2, -0.15) is 0 Å². The summed E-state index contributed by atoms with van der Waals surface area (Å²) in [7, 11) is 0.